The molecule has 1 amide bonds. The number of nitrogens with zero attached hydrogens (tertiary/aromatic N) is 3. The quantitative estimate of drug-likeness (QED) is 0.534. The minimum absolute atomic E-state index is 0.0332. The molecule has 0 radical (unpaired) electrons. The molecule has 2 aromatic carbocycles. The Balaban J connectivity index is 1.25. The largest absolute Gasteiger partial charge is 0.489 e. The van der Waals surface area contributed by atoms with Crippen LogP contribution >= 0.6 is 11.6 Å². The molecule has 0 bridgehead atoms. The van der Waals surface area contributed by atoms with Gasteiger partial charge in [0.15, 0.2) is 0 Å². The number of rotatable bonds is 9. The van der Waals surface area contributed by atoms with Gasteiger partial charge in [-0.15, -0.1) is 0 Å². The van der Waals surface area contributed by atoms with E-state index in [2.05, 4.69) is 21.2 Å². The van der Waals surface area contributed by atoms with Crippen molar-refractivity contribution in [3.8, 4) is 11.8 Å². The van der Waals surface area contributed by atoms with Crippen LogP contribution in [0.5, 0.6) is 5.75 Å². The van der Waals surface area contributed by atoms with Crippen molar-refractivity contribution < 1.29 is 14.6 Å². The Morgan fingerprint density at radius 3 is 2.56 bits per heavy atom. The van der Waals surface area contributed by atoms with Gasteiger partial charge in [0, 0.05) is 25.3 Å². The van der Waals surface area contributed by atoms with Crippen molar-refractivity contribution >= 4 is 23.2 Å². The summed E-state index contributed by atoms with van der Waals surface area (Å²) in [5.74, 6) is 0.449. The van der Waals surface area contributed by atoms with Crippen LogP contribution < -0.4 is 15.0 Å². The number of hydrogen-bond acceptors (Lipinski definition) is 6. The molecule has 2 aliphatic heterocycles. The summed E-state index contributed by atoms with van der Waals surface area (Å²) in [6.07, 6.45) is 4.49. The van der Waals surface area contributed by atoms with Gasteiger partial charge in [0.1, 0.15) is 11.9 Å². The zero-order valence-electron chi connectivity index (χ0n) is 20.4. The normalized spacial score (nSPS) is 21.7. The number of benzene rings is 2. The predicted octanol–water partition coefficient (Wildman–Crippen LogP) is 3.89. The first-order valence-corrected chi connectivity index (χ1v) is 13.3. The van der Waals surface area contributed by atoms with E-state index in [9.17, 15) is 9.90 Å². The van der Waals surface area contributed by atoms with Gasteiger partial charge >= 0.3 is 0 Å². The molecule has 1 saturated carbocycles. The van der Waals surface area contributed by atoms with Gasteiger partial charge < -0.3 is 25.0 Å². The van der Waals surface area contributed by atoms with Crippen LogP contribution in [0.15, 0.2) is 42.5 Å². The van der Waals surface area contributed by atoms with Crippen LogP contribution in [0.4, 0.5) is 5.69 Å². The number of likely N-dealkylation sites (tertiary alicyclic amines) is 1. The molecule has 2 saturated heterocycles. The first kappa shape index (κ1) is 24.9. The molecule has 0 unspecified atom stereocenters. The second-order valence-corrected chi connectivity index (χ2v) is 10.6. The Morgan fingerprint density at radius 1 is 1.14 bits per heavy atom. The molecule has 3 atom stereocenters. The molecule has 3 aliphatic rings. The number of nitrogens with one attached hydrogen (secondary N) is 1. The van der Waals surface area contributed by atoms with Crippen LogP contribution in [0.3, 0.4) is 0 Å². The average molecular weight is 509 g/mol. The van der Waals surface area contributed by atoms with Gasteiger partial charge in [-0.05, 0) is 87.2 Å². The standard InChI is InChI=1S/C28H33ClN4O3/c29-24-15-20(5-10-26(24)36-23-8-9-23)27(34)25(18-32-12-1-2-13-32)31-28(35)21-11-14-33(17-21)22-6-3-19(16-30)4-7-22/h3-7,10,15,21,23,25,27,34H,1-2,8-9,11-14,17-18H2,(H,31,35)/t21-,25-,27+/m1/s1. The van der Waals surface area contributed by atoms with E-state index in [1.807, 2.05) is 24.3 Å². The minimum atomic E-state index is -0.877. The first-order chi connectivity index (χ1) is 17.5. The maximum Gasteiger partial charge on any atom is 0.225 e. The summed E-state index contributed by atoms with van der Waals surface area (Å²) >= 11 is 6.47. The van der Waals surface area contributed by atoms with E-state index < -0.39 is 12.1 Å². The molecule has 7 nitrogen and oxygen atoms in total. The zero-order valence-corrected chi connectivity index (χ0v) is 21.2. The second-order valence-electron chi connectivity index (χ2n) is 10.2. The molecular formula is C28H33ClN4O3. The Kier molecular flexibility index (Phi) is 7.66. The summed E-state index contributed by atoms with van der Waals surface area (Å²) in [5, 5.41) is 24.0. The Hall–Kier alpha value is -2.79. The van der Waals surface area contributed by atoms with E-state index in [4.69, 9.17) is 21.6 Å². The van der Waals surface area contributed by atoms with Crippen LogP contribution in [0.25, 0.3) is 0 Å². The maximum atomic E-state index is 13.3. The van der Waals surface area contributed by atoms with E-state index in [-0.39, 0.29) is 17.9 Å². The van der Waals surface area contributed by atoms with E-state index in [0.29, 0.717) is 35.0 Å². The molecule has 190 valence electrons. The molecule has 5 rings (SSSR count). The van der Waals surface area contributed by atoms with Crippen molar-refractivity contribution in [1.82, 2.24) is 10.2 Å². The van der Waals surface area contributed by atoms with Gasteiger partial charge in [0.25, 0.3) is 0 Å². The van der Waals surface area contributed by atoms with Crippen molar-refractivity contribution in [2.45, 2.75) is 50.4 Å². The summed E-state index contributed by atoms with van der Waals surface area (Å²) in [5.41, 5.74) is 2.32. The number of carbonyl (C=O) groups is 1. The third kappa shape index (κ3) is 5.95. The van der Waals surface area contributed by atoms with Crippen molar-refractivity contribution in [3.63, 3.8) is 0 Å². The average Bonchev–Trinajstić information content (AvgIpc) is 3.33. The van der Waals surface area contributed by atoms with Gasteiger partial charge in [-0.2, -0.15) is 5.26 Å². The highest BCUT2D eigenvalue weighted by atomic mass is 35.5. The minimum Gasteiger partial charge on any atom is -0.489 e. The molecule has 36 heavy (non-hydrogen) atoms. The van der Waals surface area contributed by atoms with Crippen LogP contribution in [-0.4, -0.2) is 60.8 Å². The lowest BCUT2D eigenvalue weighted by atomic mass is 10.00. The van der Waals surface area contributed by atoms with Crippen LogP contribution in [0.1, 0.15) is 49.3 Å². The van der Waals surface area contributed by atoms with Gasteiger partial charge in [-0.25, -0.2) is 0 Å². The summed E-state index contributed by atoms with van der Waals surface area (Å²) < 4.78 is 5.84. The number of ether oxygens (including phenoxy) is 1. The maximum absolute atomic E-state index is 13.3. The first-order valence-electron chi connectivity index (χ1n) is 12.9. The number of nitriles is 1. The predicted molar refractivity (Wildman–Crippen MR) is 139 cm³/mol. The van der Waals surface area contributed by atoms with E-state index in [0.717, 1.165) is 57.4 Å². The SMILES string of the molecule is N#Cc1ccc(N2CC[C@@H](C(=O)N[C@H](CN3CCCC3)[C@@H](O)c3ccc(OC4CC4)c(Cl)c3)C2)cc1. The van der Waals surface area contributed by atoms with E-state index in [1.165, 1.54) is 0 Å². The van der Waals surface area contributed by atoms with Crippen molar-refractivity contribution in [2.24, 2.45) is 5.92 Å². The monoisotopic (exact) mass is 508 g/mol. The van der Waals surface area contributed by atoms with Crippen molar-refractivity contribution in [3.05, 3.63) is 58.6 Å². The number of aliphatic hydroxyl groups is 1. The molecule has 0 spiro atoms. The number of amides is 1. The number of hydrogen-bond donors (Lipinski definition) is 2. The third-order valence-corrected chi connectivity index (χ3v) is 7.69. The molecule has 8 heteroatoms. The summed E-state index contributed by atoms with van der Waals surface area (Å²) in [6.45, 7) is 3.94. The molecule has 0 aromatic heterocycles. The van der Waals surface area contributed by atoms with Crippen molar-refractivity contribution in [1.29, 1.82) is 5.26 Å². The van der Waals surface area contributed by atoms with Gasteiger partial charge in [0.2, 0.25) is 5.91 Å². The van der Waals surface area contributed by atoms with Crippen molar-refractivity contribution in [2.75, 3.05) is 37.6 Å². The smallest absolute Gasteiger partial charge is 0.225 e. The molecular weight excluding hydrogens is 476 g/mol. The topological polar surface area (TPSA) is 88.8 Å². The van der Waals surface area contributed by atoms with E-state index >= 15 is 0 Å². The van der Waals surface area contributed by atoms with Crippen LogP contribution in [0, 0.1) is 17.2 Å². The summed E-state index contributed by atoms with van der Waals surface area (Å²) in [7, 11) is 0. The number of anilines is 1. The number of halogens is 1. The Morgan fingerprint density at radius 2 is 1.89 bits per heavy atom. The lowest BCUT2D eigenvalue weighted by Crippen LogP contribution is -2.48. The fraction of sp³-hybridized carbons (Fsp3) is 0.500. The molecule has 2 heterocycles. The molecule has 1 aliphatic carbocycles. The fourth-order valence-corrected chi connectivity index (χ4v) is 5.35. The second kappa shape index (κ2) is 11.1. The highest BCUT2D eigenvalue weighted by Gasteiger charge is 2.33. The van der Waals surface area contributed by atoms with Gasteiger partial charge in [0.05, 0.1) is 34.7 Å². The highest BCUT2D eigenvalue weighted by molar-refractivity contribution is 6.32. The van der Waals surface area contributed by atoms with Gasteiger partial charge in [-0.3, -0.25) is 4.79 Å². The summed E-state index contributed by atoms with van der Waals surface area (Å²) in [4.78, 5) is 17.8. The zero-order chi connectivity index (χ0) is 25.1. The lowest BCUT2D eigenvalue weighted by Gasteiger charge is -2.30. The van der Waals surface area contributed by atoms with E-state index in [1.54, 1.807) is 18.2 Å². The van der Waals surface area contributed by atoms with Gasteiger partial charge in [-0.1, -0.05) is 17.7 Å². The third-order valence-electron chi connectivity index (χ3n) is 7.40. The number of aliphatic hydroxyl groups excluding tert-OH is 1. The van der Waals surface area contributed by atoms with Crippen LogP contribution in [-0.2, 0) is 4.79 Å². The highest BCUT2D eigenvalue weighted by Crippen LogP contribution is 2.34. The molecule has 2 aromatic rings. The molecule has 2 N–H and O–H groups in total. The lowest BCUT2D eigenvalue weighted by molar-refractivity contribution is -0.126. The van der Waals surface area contributed by atoms with Crippen LogP contribution in [0.2, 0.25) is 5.02 Å². The Labute approximate surface area is 217 Å². The fourth-order valence-electron chi connectivity index (χ4n) is 5.12. The molecule has 3 fully saturated rings. The Bertz CT molecular complexity index is 1110. The summed E-state index contributed by atoms with van der Waals surface area (Å²) in [6, 6.07) is 14.6. The number of carbonyl (C=O) groups excluding carboxylic acids is 1.